The number of hydrogen-bond acceptors (Lipinski definition) is 8. The van der Waals surface area contributed by atoms with E-state index in [0.29, 0.717) is 0 Å². The fraction of sp³-hybridized carbons (Fsp3) is 0.286. The van der Waals surface area contributed by atoms with Gasteiger partial charge in [0, 0.05) is 21.3 Å². The van der Waals surface area contributed by atoms with Crippen molar-refractivity contribution in [1.29, 1.82) is 0 Å². The molecule has 154 valence electrons. The van der Waals surface area contributed by atoms with Gasteiger partial charge >= 0.3 is 0 Å². The first-order valence-electron chi connectivity index (χ1n) is 9.58. The molecule has 3 aromatic rings. The minimum atomic E-state index is 0.0858. The summed E-state index contributed by atoms with van der Waals surface area (Å²) in [5, 5.41) is 17.3. The van der Waals surface area contributed by atoms with Crippen LogP contribution in [0.5, 0.6) is 11.5 Å². The molecule has 1 atom stereocenters. The first-order valence-corrected chi connectivity index (χ1v) is 11.2. The van der Waals surface area contributed by atoms with E-state index < -0.39 is 0 Å². The summed E-state index contributed by atoms with van der Waals surface area (Å²) in [4.78, 5) is 0. The van der Waals surface area contributed by atoms with Gasteiger partial charge < -0.3 is 15.2 Å². The quantitative estimate of drug-likeness (QED) is 0.540. The number of benzene rings is 2. The zero-order valence-corrected chi connectivity index (χ0v) is 19.2. The molecule has 3 heterocycles. The Morgan fingerprint density at radius 2 is 1.90 bits per heavy atom. The summed E-state index contributed by atoms with van der Waals surface area (Å²) in [6.45, 7) is 6.32. The third-order valence-electron chi connectivity index (χ3n) is 5.39. The normalized spacial score (nSPS) is 17.5. The molecule has 0 aliphatic carbocycles. The van der Waals surface area contributed by atoms with Crippen LogP contribution in [0.25, 0.3) is 0 Å². The molecule has 2 N–H and O–H groups in total. The second-order valence-electron chi connectivity index (χ2n) is 7.45. The number of nitrogens with two attached hydrogens (primary N) is 1. The number of hydrogen-bond donors (Lipinski definition) is 1. The first-order chi connectivity index (χ1) is 14.4. The van der Waals surface area contributed by atoms with Crippen LogP contribution in [0.15, 0.2) is 33.8 Å². The number of hydrazone groups is 1. The average molecular weight is 486 g/mol. The van der Waals surface area contributed by atoms with Crippen molar-refractivity contribution in [2.45, 2.75) is 33.2 Å². The second-order valence-corrected chi connectivity index (χ2v) is 9.41. The van der Waals surface area contributed by atoms with Gasteiger partial charge in [-0.15, -0.1) is 10.2 Å². The van der Waals surface area contributed by atoms with Gasteiger partial charge in [-0.2, -0.15) is 5.10 Å². The summed E-state index contributed by atoms with van der Waals surface area (Å²) in [7, 11) is 0. The Bertz CT molecular complexity index is 1190. The summed E-state index contributed by atoms with van der Waals surface area (Å²) in [6.07, 6.45) is 0.781. The van der Waals surface area contributed by atoms with Gasteiger partial charge in [-0.3, -0.25) is 0 Å². The monoisotopic (exact) mass is 485 g/mol. The van der Waals surface area contributed by atoms with Crippen LogP contribution in [0.4, 0.5) is 10.8 Å². The van der Waals surface area contributed by atoms with Crippen LogP contribution in [-0.4, -0.2) is 28.7 Å². The summed E-state index contributed by atoms with van der Waals surface area (Å²) in [5.74, 6) is 1.51. The maximum atomic E-state index is 6.13. The smallest absolute Gasteiger partial charge is 0.231 e. The highest BCUT2D eigenvalue weighted by molar-refractivity contribution is 9.10. The molecular formula is C21H20BrN5O2S. The highest BCUT2D eigenvalue weighted by atomic mass is 79.9. The molecule has 5 rings (SSSR count). The van der Waals surface area contributed by atoms with Gasteiger partial charge in [-0.05, 0) is 78.5 Å². The van der Waals surface area contributed by atoms with E-state index >= 15 is 0 Å². The largest absolute Gasteiger partial charge is 0.454 e. The lowest BCUT2D eigenvalue weighted by Crippen LogP contribution is -2.29. The summed E-state index contributed by atoms with van der Waals surface area (Å²) in [5.41, 5.74) is 11.8. The molecule has 2 aliphatic heterocycles. The van der Waals surface area contributed by atoms with Gasteiger partial charge in [0.25, 0.3) is 0 Å². The number of nitrogens with zero attached hydrogens (tertiary/aromatic N) is 4. The van der Waals surface area contributed by atoms with Gasteiger partial charge in [0.15, 0.2) is 11.5 Å². The van der Waals surface area contributed by atoms with Crippen molar-refractivity contribution in [3.63, 3.8) is 0 Å². The molecule has 7 nitrogen and oxygen atoms in total. The van der Waals surface area contributed by atoms with Crippen LogP contribution in [-0.2, 0) is 6.42 Å². The van der Waals surface area contributed by atoms with Crippen molar-refractivity contribution in [3.8, 4) is 11.5 Å². The molecule has 30 heavy (non-hydrogen) atoms. The zero-order valence-electron chi connectivity index (χ0n) is 16.8. The molecule has 0 spiro atoms. The topological polar surface area (TPSA) is 85.9 Å². The summed E-state index contributed by atoms with van der Waals surface area (Å²) >= 11 is 5.27. The van der Waals surface area contributed by atoms with E-state index in [0.717, 1.165) is 66.2 Å². The number of halogens is 1. The Morgan fingerprint density at radius 3 is 2.63 bits per heavy atom. The van der Waals surface area contributed by atoms with Crippen LogP contribution in [0.2, 0.25) is 0 Å². The second kappa shape index (κ2) is 7.24. The minimum absolute atomic E-state index is 0.0858. The number of nitrogen functional groups attached to an aromatic ring is 1. The van der Waals surface area contributed by atoms with Crippen molar-refractivity contribution in [1.82, 2.24) is 10.2 Å². The molecular weight excluding hydrogens is 466 g/mol. The fourth-order valence-corrected chi connectivity index (χ4v) is 5.02. The van der Waals surface area contributed by atoms with Crippen molar-refractivity contribution in [2.24, 2.45) is 5.10 Å². The molecule has 9 heteroatoms. The predicted octanol–water partition coefficient (Wildman–Crippen LogP) is 4.43. The van der Waals surface area contributed by atoms with Gasteiger partial charge in [0.1, 0.15) is 5.01 Å². The highest BCUT2D eigenvalue weighted by Crippen LogP contribution is 2.39. The maximum Gasteiger partial charge on any atom is 0.231 e. The van der Waals surface area contributed by atoms with Crippen LogP contribution < -0.4 is 20.2 Å². The number of anilines is 2. The maximum absolute atomic E-state index is 6.13. The van der Waals surface area contributed by atoms with Gasteiger partial charge in [-0.1, -0.05) is 11.3 Å². The summed E-state index contributed by atoms with van der Waals surface area (Å²) in [6, 6.07) is 8.09. The predicted molar refractivity (Wildman–Crippen MR) is 122 cm³/mol. The van der Waals surface area contributed by atoms with E-state index in [2.05, 4.69) is 39.1 Å². The Kier molecular flexibility index (Phi) is 4.67. The van der Waals surface area contributed by atoms with Crippen LogP contribution >= 0.6 is 27.3 Å². The number of aryl methyl sites for hydroxylation is 1. The molecule has 2 aliphatic rings. The zero-order chi connectivity index (χ0) is 21.0. The molecule has 0 saturated carbocycles. The molecule has 2 aromatic carbocycles. The number of aromatic nitrogens is 2. The number of ether oxygens (including phenoxy) is 2. The minimum Gasteiger partial charge on any atom is -0.454 e. The lowest BCUT2D eigenvalue weighted by molar-refractivity contribution is 0.174. The van der Waals surface area contributed by atoms with E-state index in [9.17, 15) is 0 Å². The third kappa shape index (κ3) is 3.13. The molecule has 0 bridgehead atoms. The van der Waals surface area contributed by atoms with Crippen molar-refractivity contribution >= 4 is 43.8 Å². The molecule has 0 fully saturated rings. The lowest BCUT2D eigenvalue weighted by Gasteiger charge is -2.22. The third-order valence-corrected chi connectivity index (χ3v) is 7.24. The highest BCUT2D eigenvalue weighted by Gasteiger charge is 2.30. The van der Waals surface area contributed by atoms with Crippen molar-refractivity contribution < 1.29 is 9.47 Å². The standard InChI is InChI=1S/C21H20BrN5O2S/c1-10-6-13-7-17-18(29-9-28-17)8-15(13)20(14-4-5-16(23)11(2)19(14)22)26-27(10)21-25-24-12(3)30-21/h4-5,7-8,10H,6,9,23H2,1-3H3/t10-/m1/s1. The molecule has 0 saturated heterocycles. The Hall–Kier alpha value is -2.65. The van der Waals surface area contributed by atoms with Gasteiger partial charge in [-0.25, -0.2) is 5.01 Å². The molecule has 0 radical (unpaired) electrons. The van der Waals surface area contributed by atoms with Gasteiger partial charge in [0.2, 0.25) is 11.9 Å². The summed E-state index contributed by atoms with van der Waals surface area (Å²) < 4.78 is 12.2. The van der Waals surface area contributed by atoms with E-state index in [-0.39, 0.29) is 12.8 Å². The Morgan fingerprint density at radius 1 is 1.13 bits per heavy atom. The number of fused-ring (bicyclic) bond motifs is 2. The SMILES string of the molecule is Cc1nnc(N2N=C(c3ccc(N)c(C)c3Br)c3cc4c(cc3C[C@H]2C)OCO4)s1. The molecule has 1 aromatic heterocycles. The molecule has 0 unspecified atom stereocenters. The van der Waals surface area contributed by atoms with Crippen LogP contribution in [0, 0.1) is 13.8 Å². The average Bonchev–Trinajstić information content (AvgIpc) is 3.32. The fourth-order valence-electron chi connectivity index (χ4n) is 3.73. The van der Waals surface area contributed by atoms with Crippen LogP contribution in [0.1, 0.15) is 34.2 Å². The Labute approximate surface area is 186 Å². The van der Waals surface area contributed by atoms with Gasteiger partial charge in [0.05, 0.1) is 11.8 Å². The first kappa shape index (κ1) is 19.3. The lowest BCUT2D eigenvalue weighted by atomic mass is 9.93. The van der Waals surface area contributed by atoms with E-state index in [1.807, 2.05) is 37.1 Å². The van der Waals surface area contributed by atoms with E-state index in [1.54, 1.807) is 0 Å². The van der Waals surface area contributed by atoms with Crippen LogP contribution in [0.3, 0.4) is 0 Å². The number of rotatable bonds is 2. The Balaban J connectivity index is 1.76. The molecule has 0 amide bonds. The van der Waals surface area contributed by atoms with E-state index in [4.69, 9.17) is 20.3 Å². The van der Waals surface area contributed by atoms with Crippen molar-refractivity contribution in [3.05, 3.63) is 56.0 Å². The van der Waals surface area contributed by atoms with Crippen molar-refractivity contribution in [2.75, 3.05) is 17.5 Å². The van der Waals surface area contributed by atoms with E-state index in [1.165, 1.54) is 11.3 Å².